The molecule has 2 rings (SSSR count). The molecule has 0 spiro atoms. The summed E-state index contributed by atoms with van der Waals surface area (Å²) in [6.07, 6.45) is 4.21. The van der Waals surface area contributed by atoms with Crippen molar-refractivity contribution in [3.8, 4) is 0 Å². The van der Waals surface area contributed by atoms with Gasteiger partial charge in [0.25, 0.3) is 0 Å². The van der Waals surface area contributed by atoms with Gasteiger partial charge in [0, 0.05) is 0 Å². The van der Waals surface area contributed by atoms with Crippen molar-refractivity contribution in [1.29, 1.82) is 0 Å². The highest BCUT2D eigenvalue weighted by atomic mass is 16.3. The number of amides is 1. The molecule has 1 heterocycles. The summed E-state index contributed by atoms with van der Waals surface area (Å²) < 4.78 is 5.09. The largest absolute Gasteiger partial charge is 0.467 e. The lowest BCUT2D eigenvalue weighted by molar-refractivity contribution is -0.129. The average Bonchev–Trinajstić information content (AvgIpc) is 2.62. The van der Waals surface area contributed by atoms with Crippen molar-refractivity contribution >= 4 is 5.91 Å². The Labute approximate surface area is 82.5 Å². The van der Waals surface area contributed by atoms with Crippen LogP contribution in [0.4, 0.5) is 0 Å². The minimum absolute atomic E-state index is 0.0693. The van der Waals surface area contributed by atoms with Gasteiger partial charge in [0.1, 0.15) is 5.76 Å². The van der Waals surface area contributed by atoms with Crippen molar-refractivity contribution in [2.24, 2.45) is 5.73 Å². The van der Waals surface area contributed by atoms with Crippen molar-refractivity contribution in [3.05, 3.63) is 24.2 Å². The Morgan fingerprint density at radius 2 is 2.43 bits per heavy atom. The Hall–Kier alpha value is -1.29. The van der Waals surface area contributed by atoms with Crippen LogP contribution in [0.2, 0.25) is 0 Å². The van der Waals surface area contributed by atoms with Gasteiger partial charge in [-0.15, -0.1) is 0 Å². The standard InChI is InChI=1S/C10H14N2O2/c11-10(4-2-5-10)9(13)12-7-8-3-1-6-14-8/h1,3,6H,2,4-5,7,11H2,(H,12,13). The Morgan fingerprint density at radius 1 is 1.64 bits per heavy atom. The second kappa shape index (κ2) is 3.46. The maximum Gasteiger partial charge on any atom is 0.240 e. The monoisotopic (exact) mass is 194 g/mol. The van der Waals surface area contributed by atoms with E-state index in [-0.39, 0.29) is 5.91 Å². The third-order valence-electron chi connectivity index (χ3n) is 2.70. The molecule has 1 fully saturated rings. The summed E-state index contributed by atoms with van der Waals surface area (Å²) in [5, 5.41) is 2.77. The van der Waals surface area contributed by atoms with Crippen molar-refractivity contribution in [2.45, 2.75) is 31.3 Å². The second-order valence-electron chi connectivity index (χ2n) is 3.77. The first-order valence-corrected chi connectivity index (χ1v) is 4.80. The lowest BCUT2D eigenvalue weighted by atomic mass is 9.77. The Morgan fingerprint density at radius 3 is 2.93 bits per heavy atom. The van der Waals surface area contributed by atoms with E-state index >= 15 is 0 Å². The molecule has 76 valence electrons. The summed E-state index contributed by atoms with van der Waals surface area (Å²) in [4.78, 5) is 11.6. The smallest absolute Gasteiger partial charge is 0.240 e. The molecule has 1 amide bonds. The Kier molecular flexibility index (Phi) is 2.29. The minimum Gasteiger partial charge on any atom is -0.467 e. The molecule has 0 saturated heterocycles. The van der Waals surface area contributed by atoms with Crippen LogP contribution in [0.5, 0.6) is 0 Å². The molecule has 0 atom stereocenters. The quantitative estimate of drug-likeness (QED) is 0.747. The number of nitrogens with one attached hydrogen (secondary N) is 1. The molecule has 0 aliphatic heterocycles. The van der Waals surface area contributed by atoms with E-state index in [1.807, 2.05) is 6.07 Å². The van der Waals surface area contributed by atoms with E-state index in [1.165, 1.54) is 0 Å². The normalized spacial score (nSPS) is 18.6. The zero-order valence-electron chi connectivity index (χ0n) is 7.95. The summed E-state index contributed by atoms with van der Waals surface area (Å²) in [5.41, 5.74) is 5.22. The predicted molar refractivity (Wildman–Crippen MR) is 51.3 cm³/mol. The molecule has 0 bridgehead atoms. The highest BCUT2D eigenvalue weighted by Gasteiger charge is 2.39. The van der Waals surface area contributed by atoms with Gasteiger partial charge in [0.05, 0.1) is 18.3 Å². The SMILES string of the molecule is NC1(C(=O)NCc2ccco2)CCC1. The molecule has 1 aliphatic carbocycles. The molecular weight excluding hydrogens is 180 g/mol. The number of carbonyl (C=O) groups is 1. The van der Waals surface area contributed by atoms with Crippen LogP contribution in [-0.2, 0) is 11.3 Å². The van der Waals surface area contributed by atoms with E-state index in [9.17, 15) is 4.79 Å². The fourth-order valence-corrected chi connectivity index (χ4v) is 1.54. The topological polar surface area (TPSA) is 68.3 Å². The van der Waals surface area contributed by atoms with Crippen LogP contribution in [0, 0.1) is 0 Å². The van der Waals surface area contributed by atoms with E-state index in [0.29, 0.717) is 6.54 Å². The summed E-state index contributed by atoms with van der Waals surface area (Å²) in [6.45, 7) is 0.421. The van der Waals surface area contributed by atoms with Gasteiger partial charge < -0.3 is 15.5 Å². The molecule has 0 unspecified atom stereocenters. The summed E-state index contributed by atoms with van der Waals surface area (Å²) in [6, 6.07) is 3.62. The number of rotatable bonds is 3. The maximum absolute atomic E-state index is 11.6. The van der Waals surface area contributed by atoms with Crippen molar-refractivity contribution in [1.82, 2.24) is 5.32 Å². The van der Waals surface area contributed by atoms with Gasteiger partial charge in [-0.3, -0.25) is 4.79 Å². The lowest BCUT2D eigenvalue weighted by Gasteiger charge is -2.36. The fourth-order valence-electron chi connectivity index (χ4n) is 1.54. The third-order valence-corrected chi connectivity index (χ3v) is 2.70. The molecule has 1 aliphatic rings. The van der Waals surface area contributed by atoms with Crippen LogP contribution in [0.25, 0.3) is 0 Å². The fraction of sp³-hybridized carbons (Fsp3) is 0.500. The first-order valence-electron chi connectivity index (χ1n) is 4.80. The van der Waals surface area contributed by atoms with Crippen LogP contribution in [0.1, 0.15) is 25.0 Å². The summed E-state index contributed by atoms with van der Waals surface area (Å²) >= 11 is 0. The number of carbonyl (C=O) groups excluding carboxylic acids is 1. The van der Waals surface area contributed by atoms with Crippen LogP contribution >= 0.6 is 0 Å². The van der Waals surface area contributed by atoms with E-state index in [2.05, 4.69) is 5.32 Å². The molecule has 0 radical (unpaired) electrons. The lowest BCUT2D eigenvalue weighted by Crippen LogP contribution is -2.58. The van der Waals surface area contributed by atoms with Gasteiger partial charge in [0.15, 0.2) is 0 Å². The predicted octanol–water partition coefficient (Wildman–Crippen LogP) is 0.777. The molecule has 4 heteroatoms. The first-order chi connectivity index (χ1) is 6.71. The average molecular weight is 194 g/mol. The van der Waals surface area contributed by atoms with Crippen molar-refractivity contribution < 1.29 is 9.21 Å². The van der Waals surface area contributed by atoms with Gasteiger partial charge in [-0.25, -0.2) is 0 Å². The molecule has 1 saturated carbocycles. The van der Waals surface area contributed by atoms with Crippen molar-refractivity contribution in [2.75, 3.05) is 0 Å². The zero-order chi connectivity index (χ0) is 10.0. The van der Waals surface area contributed by atoms with Gasteiger partial charge in [0.2, 0.25) is 5.91 Å². The Balaban J connectivity index is 1.84. The number of hydrogen-bond donors (Lipinski definition) is 2. The number of furan rings is 1. The third kappa shape index (κ3) is 1.65. The molecule has 1 aromatic heterocycles. The minimum atomic E-state index is -0.618. The number of nitrogens with two attached hydrogens (primary N) is 1. The van der Waals surface area contributed by atoms with E-state index in [0.717, 1.165) is 25.0 Å². The van der Waals surface area contributed by atoms with Crippen LogP contribution in [0.15, 0.2) is 22.8 Å². The molecule has 14 heavy (non-hydrogen) atoms. The summed E-state index contributed by atoms with van der Waals surface area (Å²) in [7, 11) is 0. The first kappa shape index (κ1) is 9.27. The van der Waals surface area contributed by atoms with Crippen LogP contribution in [-0.4, -0.2) is 11.4 Å². The summed E-state index contributed by atoms with van der Waals surface area (Å²) in [5.74, 6) is 0.682. The molecule has 4 nitrogen and oxygen atoms in total. The van der Waals surface area contributed by atoms with Crippen LogP contribution < -0.4 is 11.1 Å². The van der Waals surface area contributed by atoms with E-state index in [4.69, 9.17) is 10.2 Å². The number of hydrogen-bond acceptors (Lipinski definition) is 3. The van der Waals surface area contributed by atoms with Crippen LogP contribution in [0.3, 0.4) is 0 Å². The van der Waals surface area contributed by atoms with Crippen molar-refractivity contribution in [3.63, 3.8) is 0 Å². The second-order valence-corrected chi connectivity index (χ2v) is 3.77. The highest BCUT2D eigenvalue weighted by molar-refractivity contribution is 5.86. The van der Waals surface area contributed by atoms with Gasteiger partial charge >= 0.3 is 0 Å². The van der Waals surface area contributed by atoms with E-state index < -0.39 is 5.54 Å². The Bertz CT molecular complexity index is 315. The van der Waals surface area contributed by atoms with Gasteiger partial charge in [-0.05, 0) is 31.4 Å². The van der Waals surface area contributed by atoms with E-state index in [1.54, 1.807) is 12.3 Å². The highest BCUT2D eigenvalue weighted by Crippen LogP contribution is 2.29. The zero-order valence-corrected chi connectivity index (χ0v) is 7.95. The molecule has 0 aromatic carbocycles. The molecular formula is C10H14N2O2. The molecule has 3 N–H and O–H groups in total. The maximum atomic E-state index is 11.6. The molecule has 1 aromatic rings. The van der Waals surface area contributed by atoms with Gasteiger partial charge in [-0.1, -0.05) is 0 Å². The van der Waals surface area contributed by atoms with Gasteiger partial charge in [-0.2, -0.15) is 0 Å².